The van der Waals surface area contributed by atoms with Crippen LogP contribution in [-0.2, 0) is 13.1 Å². The van der Waals surface area contributed by atoms with Crippen LogP contribution in [-0.4, -0.2) is 11.1 Å². The minimum Gasteiger partial charge on any atom is -0.350 e. The van der Waals surface area contributed by atoms with Crippen LogP contribution in [0.4, 0.5) is 0 Å². The minimum absolute atomic E-state index is 0.722. The van der Waals surface area contributed by atoms with Crippen LogP contribution in [0, 0.1) is 11.8 Å². The third-order valence-electron chi connectivity index (χ3n) is 2.96. The van der Waals surface area contributed by atoms with Crippen molar-refractivity contribution in [1.82, 2.24) is 9.88 Å². The van der Waals surface area contributed by atoms with Crippen LogP contribution in [0.15, 0.2) is 18.3 Å². The fourth-order valence-electron chi connectivity index (χ4n) is 1.99. The first-order valence-corrected chi connectivity index (χ1v) is 6.94. The van der Waals surface area contributed by atoms with E-state index in [0.29, 0.717) is 0 Å². The molecule has 0 aliphatic carbocycles. The smallest absolute Gasteiger partial charge is 0.0359 e. The van der Waals surface area contributed by atoms with Gasteiger partial charge < -0.3 is 9.88 Å². The summed E-state index contributed by atoms with van der Waals surface area (Å²) in [6.07, 6.45) is 4.80. The van der Waals surface area contributed by atoms with Crippen molar-refractivity contribution in [3.05, 3.63) is 24.0 Å². The molecule has 0 fully saturated rings. The lowest BCUT2D eigenvalue weighted by atomic mass is 10.1. The van der Waals surface area contributed by atoms with Gasteiger partial charge in [0.05, 0.1) is 0 Å². The Labute approximate surface area is 106 Å². The predicted octanol–water partition coefficient (Wildman–Crippen LogP) is 3.67. The molecule has 1 N–H and O–H groups in total. The standard InChI is InChI=1S/C15H28N2/c1-13(2)7-5-9-17-10-6-8-15(17)12-16-11-14(3)4/h6,8,10,13-14,16H,5,7,9,11-12H2,1-4H3. The number of nitrogens with zero attached hydrogens (tertiary/aromatic N) is 1. The Morgan fingerprint density at radius 1 is 1.18 bits per heavy atom. The maximum atomic E-state index is 3.51. The summed E-state index contributed by atoms with van der Waals surface area (Å²) in [5.41, 5.74) is 1.41. The average Bonchev–Trinajstić information content (AvgIpc) is 2.65. The molecule has 1 heterocycles. The van der Waals surface area contributed by atoms with Crippen molar-refractivity contribution < 1.29 is 0 Å². The second-order valence-corrected chi connectivity index (χ2v) is 5.75. The number of aromatic nitrogens is 1. The van der Waals surface area contributed by atoms with Gasteiger partial charge in [-0.1, -0.05) is 27.7 Å². The van der Waals surface area contributed by atoms with Crippen LogP contribution in [0.1, 0.15) is 46.2 Å². The molecule has 0 aliphatic rings. The molecule has 2 heteroatoms. The summed E-state index contributed by atoms with van der Waals surface area (Å²) >= 11 is 0. The fourth-order valence-corrected chi connectivity index (χ4v) is 1.99. The van der Waals surface area contributed by atoms with Crippen molar-refractivity contribution in [3.63, 3.8) is 0 Å². The Hall–Kier alpha value is -0.760. The van der Waals surface area contributed by atoms with Gasteiger partial charge in [-0.2, -0.15) is 0 Å². The van der Waals surface area contributed by atoms with Gasteiger partial charge in [-0.15, -0.1) is 0 Å². The molecule has 1 aromatic rings. The van der Waals surface area contributed by atoms with Crippen LogP contribution < -0.4 is 5.32 Å². The zero-order valence-electron chi connectivity index (χ0n) is 11.9. The molecule has 0 aromatic carbocycles. The van der Waals surface area contributed by atoms with Gasteiger partial charge in [-0.05, 0) is 43.4 Å². The highest BCUT2D eigenvalue weighted by Gasteiger charge is 2.02. The van der Waals surface area contributed by atoms with Gasteiger partial charge in [0.1, 0.15) is 0 Å². The SMILES string of the molecule is CC(C)CCCn1cccc1CNCC(C)C. The van der Waals surface area contributed by atoms with Crippen molar-refractivity contribution in [2.45, 2.75) is 53.6 Å². The van der Waals surface area contributed by atoms with E-state index in [1.54, 1.807) is 0 Å². The molecular weight excluding hydrogens is 208 g/mol. The number of hydrogen-bond acceptors (Lipinski definition) is 1. The molecule has 0 aliphatic heterocycles. The average molecular weight is 236 g/mol. The van der Waals surface area contributed by atoms with E-state index < -0.39 is 0 Å². The Balaban J connectivity index is 2.32. The Morgan fingerprint density at radius 2 is 1.94 bits per heavy atom. The molecule has 0 unspecified atom stereocenters. The number of hydrogen-bond donors (Lipinski definition) is 1. The van der Waals surface area contributed by atoms with Crippen LogP contribution in [0.2, 0.25) is 0 Å². The molecule has 0 bridgehead atoms. The van der Waals surface area contributed by atoms with E-state index in [9.17, 15) is 0 Å². The van der Waals surface area contributed by atoms with E-state index in [0.717, 1.165) is 31.5 Å². The van der Waals surface area contributed by atoms with Gasteiger partial charge in [0.2, 0.25) is 0 Å². The van der Waals surface area contributed by atoms with E-state index in [2.05, 4.69) is 55.9 Å². The van der Waals surface area contributed by atoms with Crippen molar-refractivity contribution in [2.24, 2.45) is 11.8 Å². The molecule has 1 aromatic heterocycles. The zero-order chi connectivity index (χ0) is 12.7. The number of aryl methyl sites for hydroxylation is 1. The van der Waals surface area contributed by atoms with Crippen LogP contribution in [0.25, 0.3) is 0 Å². The van der Waals surface area contributed by atoms with Crippen molar-refractivity contribution >= 4 is 0 Å². The summed E-state index contributed by atoms with van der Waals surface area (Å²) in [6, 6.07) is 4.38. The predicted molar refractivity (Wildman–Crippen MR) is 75.0 cm³/mol. The lowest BCUT2D eigenvalue weighted by Gasteiger charge is -2.12. The summed E-state index contributed by atoms with van der Waals surface area (Å²) in [7, 11) is 0. The second kappa shape index (κ2) is 7.54. The van der Waals surface area contributed by atoms with Gasteiger partial charge in [0.25, 0.3) is 0 Å². The van der Waals surface area contributed by atoms with Crippen LogP contribution >= 0.6 is 0 Å². The van der Waals surface area contributed by atoms with Crippen LogP contribution in [0.3, 0.4) is 0 Å². The monoisotopic (exact) mass is 236 g/mol. The highest BCUT2D eigenvalue weighted by molar-refractivity contribution is 5.06. The van der Waals surface area contributed by atoms with Gasteiger partial charge in [0.15, 0.2) is 0 Å². The minimum atomic E-state index is 0.722. The summed E-state index contributed by atoms with van der Waals surface area (Å²) in [5.74, 6) is 1.53. The highest BCUT2D eigenvalue weighted by Crippen LogP contribution is 2.08. The van der Waals surface area contributed by atoms with Crippen molar-refractivity contribution in [2.75, 3.05) is 6.54 Å². The molecule has 0 saturated heterocycles. The lowest BCUT2D eigenvalue weighted by molar-refractivity contribution is 0.493. The van der Waals surface area contributed by atoms with Crippen molar-refractivity contribution in [3.8, 4) is 0 Å². The second-order valence-electron chi connectivity index (χ2n) is 5.75. The van der Waals surface area contributed by atoms with E-state index in [4.69, 9.17) is 0 Å². The summed E-state index contributed by atoms with van der Waals surface area (Å²) < 4.78 is 2.38. The molecule has 98 valence electrons. The molecule has 0 radical (unpaired) electrons. The zero-order valence-corrected chi connectivity index (χ0v) is 11.9. The first-order chi connectivity index (χ1) is 8.09. The third-order valence-corrected chi connectivity index (χ3v) is 2.96. The Kier molecular flexibility index (Phi) is 6.35. The summed E-state index contributed by atoms with van der Waals surface area (Å²) in [5, 5.41) is 3.51. The molecule has 0 saturated carbocycles. The quantitative estimate of drug-likeness (QED) is 0.728. The van der Waals surface area contributed by atoms with Gasteiger partial charge in [-0.3, -0.25) is 0 Å². The molecular formula is C15H28N2. The molecule has 0 amide bonds. The van der Waals surface area contributed by atoms with Crippen LogP contribution in [0.5, 0.6) is 0 Å². The number of rotatable bonds is 8. The molecule has 2 nitrogen and oxygen atoms in total. The van der Waals surface area contributed by atoms with E-state index in [1.165, 1.54) is 18.5 Å². The van der Waals surface area contributed by atoms with Crippen molar-refractivity contribution in [1.29, 1.82) is 0 Å². The maximum Gasteiger partial charge on any atom is 0.0359 e. The normalized spacial score (nSPS) is 11.6. The Morgan fingerprint density at radius 3 is 2.59 bits per heavy atom. The van der Waals surface area contributed by atoms with E-state index in [1.807, 2.05) is 0 Å². The topological polar surface area (TPSA) is 17.0 Å². The van der Waals surface area contributed by atoms with Gasteiger partial charge in [-0.25, -0.2) is 0 Å². The maximum absolute atomic E-state index is 3.51. The largest absolute Gasteiger partial charge is 0.350 e. The lowest BCUT2D eigenvalue weighted by Crippen LogP contribution is -2.20. The first-order valence-electron chi connectivity index (χ1n) is 6.94. The summed E-state index contributed by atoms with van der Waals surface area (Å²) in [4.78, 5) is 0. The highest BCUT2D eigenvalue weighted by atomic mass is 15.0. The molecule has 1 rings (SSSR count). The van der Waals surface area contributed by atoms with Gasteiger partial charge in [0, 0.05) is 25.0 Å². The fraction of sp³-hybridized carbons (Fsp3) is 0.733. The summed E-state index contributed by atoms with van der Waals surface area (Å²) in [6.45, 7) is 12.3. The molecule has 0 spiro atoms. The molecule has 17 heavy (non-hydrogen) atoms. The number of nitrogens with one attached hydrogen (secondary N) is 1. The first kappa shape index (κ1) is 14.3. The van der Waals surface area contributed by atoms with Gasteiger partial charge >= 0.3 is 0 Å². The van der Waals surface area contributed by atoms with E-state index >= 15 is 0 Å². The molecule has 0 atom stereocenters. The Bertz CT molecular complexity index is 271. The van der Waals surface area contributed by atoms with E-state index in [-0.39, 0.29) is 0 Å². The third kappa shape index (κ3) is 5.92.